The molecule has 0 amide bonds. The summed E-state index contributed by atoms with van der Waals surface area (Å²) in [5.41, 5.74) is 8.79. The van der Waals surface area contributed by atoms with E-state index >= 15 is 0 Å². The minimum atomic E-state index is 0.366. The minimum Gasteiger partial charge on any atom is -0.0724 e. The molecule has 26 heavy (non-hydrogen) atoms. The van der Waals surface area contributed by atoms with E-state index in [2.05, 4.69) is 91.9 Å². The van der Waals surface area contributed by atoms with Crippen molar-refractivity contribution in [3.05, 3.63) is 118 Å². The van der Waals surface area contributed by atoms with Gasteiger partial charge in [-0.2, -0.15) is 0 Å². The molecule has 4 rings (SSSR count). The van der Waals surface area contributed by atoms with Gasteiger partial charge in [0, 0.05) is 5.92 Å². The van der Waals surface area contributed by atoms with E-state index in [0.717, 1.165) is 19.3 Å². The van der Waals surface area contributed by atoms with Crippen molar-refractivity contribution >= 4 is 0 Å². The lowest BCUT2D eigenvalue weighted by Gasteiger charge is -2.14. The largest absolute Gasteiger partial charge is 0.0724 e. The zero-order valence-electron chi connectivity index (χ0n) is 15.5. The molecule has 0 aliphatic heterocycles. The fraction of sp³-hybridized carbons (Fsp3) is 0.231. The third kappa shape index (κ3) is 3.65. The zero-order chi connectivity index (χ0) is 17.8. The van der Waals surface area contributed by atoms with Gasteiger partial charge in [0.05, 0.1) is 0 Å². The topological polar surface area (TPSA) is 0 Å². The molecule has 0 fully saturated rings. The maximum atomic E-state index is 2.47. The predicted octanol–water partition coefficient (Wildman–Crippen LogP) is 6.94. The first-order valence-electron chi connectivity index (χ1n) is 9.73. The molecule has 0 spiro atoms. The summed E-state index contributed by atoms with van der Waals surface area (Å²) in [4.78, 5) is 0. The van der Waals surface area contributed by atoms with Crippen LogP contribution in [0.2, 0.25) is 0 Å². The van der Waals surface area contributed by atoms with E-state index in [-0.39, 0.29) is 0 Å². The predicted molar refractivity (Wildman–Crippen MR) is 111 cm³/mol. The monoisotopic (exact) mass is 338 g/mol. The fourth-order valence-corrected chi connectivity index (χ4v) is 4.10. The van der Waals surface area contributed by atoms with Gasteiger partial charge in [-0.05, 0) is 47.1 Å². The van der Waals surface area contributed by atoms with E-state index in [4.69, 9.17) is 0 Å². The molecule has 2 aromatic carbocycles. The second kappa shape index (κ2) is 7.74. The number of rotatable bonds is 5. The van der Waals surface area contributed by atoms with Gasteiger partial charge in [-0.15, -0.1) is 0 Å². The minimum absolute atomic E-state index is 0.366. The Labute approximate surface area is 157 Å². The molecule has 0 bridgehead atoms. The molecular weight excluding hydrogens is 312 g/mol. The van der Waals surface area contributed by atoms with Crippen LogP contribution in [0.4, 0.5) is 0 Å². The van der Waals surface area contributed by atoms with Crippen molar-refractivity contribution in [1.29, 1.82) is 0 Å². The average Bonchev–Trinajstić information content (AvgIpc) is 2.97. The van der Waals surface area contributed by atoms with E-state index in [1.165, 1.54) is 39.8 Å². The van der Waals surface area contributed by atoms with Crippen LogP contribution in [-0.4, -0.2) is 0 Å². The summed E-state index contributed by atoms with van der Waals surface area (Å²) < 4.78 is 0. The van der Waals surface area contributed by atoms with E-state index in [1.54, 1.807) is 0 Å². The summed E-state index contributed by atoms with van der Waals surface area (Å²) in [7, 11) is 0. The Morgan fingerprint density at radius 2 is 1.62 bits per heavy atom. The van der Waals surface area contributed by atoms with Crippen LogP contribution in [0, 0.1) is 0 Å². The van der Waals surface area contributed by atoms with Crippen molar-refractivity contribution in [3.8, 4) is 0 Å². The van der Waals surface area contributed by atoms with Gasteiger partial charge in [-0.25, -0.2) is 0 Å². The SMILES string of the molecule is CCCC1=CC2=C(C=C(Cc3ccccc3)C2)C(c2ccccc2)C=C1. The number of benzene rings is 2. The average molecular weight is 338 g/mol. The highest BCUT2D eigenvalue weighted by atomic mass is 14.3. The van der Waals surface area contributed by atoms with E-state index in [0.29, 0.717) is 5.92 Å². The lowest BCUT2D eigenvalue weighted by Crippen LogP contribution is -1.97. The number of allylic oxidation sites excluding steroid dienone is 8. The molecule has 0 heteroatoms. The Kier molecular flexibility index (Phi) is 5.02. The quantitative estimate of drug-likeness (QED) is 0.554. The normalized spacial score (nSPS) is 19.0. The van der Waals surface area contributed by atoms with Gasteiger partial charge in [0.1, 0.15) is 0 Å². The summed E-state index contributed by atoms with van der Waals surface area (Å²) in [5.74, 6) is 0.366. The summed E-state index contributed by atoms with van der Waals surface area (Å²) in [6.07, 6.45) is 14.2. The molecule has 0 N–H and O–H groups in total. The summed E-state index contributed by atoms with van der Waals surface area (Å²) in [5, 5.41) is 0. The Bertz CT molecular complexity index is 876. The van der Waals surface area contributed by atoms with Crippen molar-refractivity contribution in [2.24, 2.45) is 0 Å². The fourth-order valence-electron chi connectivity index (χ4n) is 4.10. The molecule has 2 aliphatic rings. The van der Waals surface area contributed by atoms with Gasteiger partial charge in [-0.1, -0.05) is 104 Å². The van der Waals surface area contributed by atoms with Gasteiger partial charge in [0.15, 0.2) is 0 Å². The Hall–Kier alpha value is -2.60. The van der Waals surface area contributed by atoms with Crippen LogP contribution in [-0.2, 0) is 6.42 Å². The van der Waals surface area contributed by atoms with Crippen LogP contribution in [0.5, 0.6) is 0 Å². The van der Waals surface area contributed by atoms with Gasteiger partial charge in [-0.3, -0.25) is 0 Å². The molecule has 2 aromatic rings. The standard InChI is InChI=1S/C26H26/c1-2-9-20-14-15-25(23-12-7-4-8-13-23)26-19-22(18-24(26)17-20)16-21-10-5-3-6-11-21/h3-8,10-15,17,19,25H,2,9,16,18H2,1H3. The smallest absolute Gasteiger partial charge is 0.0275 e. The maximum absolute atomic E-state index is 2.47. The molecule has 0 saturated carbocycles. The molecule has 0 aromatic heterocycles. The van der Waals surface area contributed by atoms with Crippen LogP contribution in [0.15, 0.2) is 107 Å². The Morgan fingerprint density at radius 3 is 2.35 bits per heavy atom. The van der Waals surface area contributed by atoms with Gasteiger partial charge in [0.2, 0.25) is 0 Å². The summed E-state index contributed by atoms with van der Waals surface area (Å²) >= 11 is 0. The van der Waals surface area contributed by atoms with E-state index in [1.807, 2.05) is 0 Å². The van der Waals surface area contributed by atoms with Crippen molar-refractivity contribution in [3.63, 3.8) is 0 Å². The van der Waals surface area contributed by atoms with Crippen molar-refractivity contribution in [1.82, 2.24) is 0 Å². The first-order valence-corrected chi connectivity index (χ1v) is 9.73. The molecule has 130 valence electrons. The molecule has 0 heterocycles. The highest BCUT2D eigenvalue weighted by Crippen LogP contribution is 2.40. The second-order valence-corrected chi connectivity index (χ2v) is 7.34. The molecular formula is C26H26. The van der Waals surface area contributed by atoms with E-state index < -0.39 is 0 Å². The van der Waals surface area contributed by atoms with Crippen molar-refractivity contribution in [2.75, 3.05) is 0 Å². The van der Waals surface area contributed by atoms with Gasteiger partial charge < -0.3 is 0 Å². The molecule has 0 radical (unpaired) electrons. The third-order valence-electron chi connectivity index (χ3n) is 5.32. The highest BCUT2D eigenvalue weighted by Gasteiger charge is 2.23. The van der Waals surface area contributed by atoms with Gasteiger partial charge >= 0.3 is 0 Å². The van der Waals surface area contributed by atoms with Crippen LogP contribution >= 0.6 is 0 Å². The Morgan fingerprint density at radius 1 is 0.885 bits per heavy atom. The number of hydrogen-bond acceptors (Lipinski definition) is 0. The van der Waals surface area contributed by atoms with E-state index in [9.17, 15) is 0 Å². The molecule has 1 unspecified atom stereocenters. The second-order valence-electron chi connectivity index (χ2n) is 7.34. The molecule has 2 aliphatic carbocycles. The Balaban J connectivity index is 1.67. The summed E-state index contributed by atoms with van der Waals surface area (Å²) in [6.45, 7) is 2.26. The third-order valence-corrected chi connectivity index (χ3v) is 5.32. The first-order chi connectivity index (χ1) is 12.8. The van der Waals surface area contributed by atoms with Crippen LogP contribution in [0.25, 0.3) is 0 Å². The number of hydrogen-bond donors (Lipinski definition) is 0. The van der Waals surface area contributed by atoms with Crippen molar-refractivity contribution < 1.29 is 0 Å². The first kappa shape index (κ1) is 16.8. The molecule has 0 nitrogen and oxygen atoms in total. The zero-order valence-corrected chi connectivity index (χ0v) is 15.5. The lowest BCUT2D eigenvalue weighted by atomic mass is 9.90. The van der Waals surface area contributed by atoms with Crippen molar-refractivity contribution in [2.45, 2.75) is 38.5 Å². The maximum Gasteiger partial charge on any atom is 0.0275 e. The van der Waals surface area contributed by atoms with Crippen LogP contribution in [0.1, 0.15) is 43.2 Å². The van der Waals surface area contributed by atoms with Crippen LogP contribution in [0.3, 0.4) is 0 Å². The summed E-state index contributed by atoms with van der Waals surface area (Å²) in [6, 6.07) is 21.8. The van der Waals surface area contributed by atoms with Gasteiger partial charge in [0.25, 0.3) is 0 Å². The van der Waals surface area contributed by atoms with Crippen LogP contribution < -0.4 is 0 Å². The lowest BCUT2D eigenvalue weighted by molar-refractivity contribution is 0.922. The highest BCUT2D eigenvalue weighted by molar-refractivity contribution is 5.56. The molecule has 0 saturated heterocycles. The molecule has 1 atom stereocenters.